The van der Waals surface area contributed by atoms with E-state index >= 15 is 0 Å². The molecule has 4 nitrogen and oxygen atoms in total. The molecule has 44 valence electrons. The van der Waals surface area contributed by atoms with Crippen molar-refractivity contribution in [2.75, 3.05) is 0 Å². The Balaban J connectivity index is -0.0000000267. The van der Waals surface area contributed by atoms with Gasteiger partial charge in [0.15, 0.2) is 0 Å². The van der Waals surface area contributed by atoms with Crippen molar-refractivity contribution in [2.45, 2.75) is 0 Å². The minimum atomic E-state index is -4.69. The molecular weight excluding hydrogens is 414 g/mol. The van der Waals surface area contributed by atoms with Gasteiger partial charge in [-0.1, -0.05) is 0 Å². The first-order valence-electron chi connectivity index (χ1n) is 0.632. The van der Waals surface area contributed by atoms with E-state index < -0.39 is 10.2 Å². The summed E-state index contributed by atoms with van der Waals surface area (Å²) >= 11 is 0. The van der Waals surface area contributed by atoms with Crippen LogP contribution in [-0.4, -0.2) is 56.0 Å². The van der Waals surface area contributed by atoms with Crippen molar-refractivity contribution < 1.29 is 76.1 Å². The Morgan fingerprint density at radius 1 is 1.12 bits per heavy atom. The van der Waals surface area contributed by atoms with Crippen LogP contribution in [0.4, 0.5) is 0 Å². The zero-order chi connectivity index (χ0) is 4.50. The second-order valence-electron chi connectivity index (χ2n) is 0.396. The van der Waals surface area contributed by atoms with Crippen molar-refractivity contribution in [3.8, 4) is 0 Å². The van der Waals surface area contributed by atoms with Crippen LogP contribution in [0.5, 0.6) is 0 Å². The maximum Gasteiger partial charge on any atom is 0.0777 e. The summed E-state index contributed by atoms with van der Waals surface area (Å²) in [7, 11) is -4.69. The normalized spacial score (nSPS) is 7.50. The number of rotatable bonds is 0. The van der Waals surface area contributed by atoms with Crippen LogP contribution >= 0.6 is 0 Å². The zero-order valence-corrected chi connectivity index (χ0v) is 9.11. The first-order chi connectivity index (χ1) is 2.00. The third-order valence-electron chi connectivity index (χ3n) is 0. The molecule has 0 aromatic heterocycles. The average molecular weight is 416 g/mol. The predicted octanol–water partition coefficient (Wildman–Crippen LogP) is -4.78. The molecule has 0 spiro atoms. The summed E-state index contributed by atoms with van der Waals surface area (Å²) in [5.41, 5.74) is 0. The van der Waals surface area contributed by atoms with E-state index in [1.54, 1.807) is 0 Å². The van der Waals surface area contributed by atoms with Gasteiger partial charge in [-0.25, -0.2) is 0 Å². The Morgan fingerprint density at radius 2 is 1.12 bits per heavy atom. The summed E-state index contributed by atoms with van der Waals surface area (Å²) in [5, 5.41) is 0. The standard InChI is InChI=1S/ClHO4.K.W.Zr.H/c2-1(3,4)5;;;;/h(H,2,3,4,5);;;;. The van der Waals surface area contributed by atoms with E-state index in [0.717, 1.165) is 0 Å². The van der Waals surface area contributed by atoms with Gasteiger partial charge in [0.2, 0.25) is 0 Å². The number of hydrogen-bond donors (Lipinski definition) is 1. The fourth-order valence-electron chi connectivity index (χ4n) is 0. The summed E-state index contributed by atoms with van der Waals surface area (Å²) < 4.78 is 32.7. The van der Waals surface area contributed by atoms with E-state index in [4.69, 9.17) is 18.6 Å². The molecule has 1 N–H and O–H groups in total. The fraction of sp³-hybridized carbons (Fsp3) is 0. The molecule has 0 rings (SSSR count). The molecule has 0 saturated carbocycles. The Kier molecular flexibility index (Phi) is 29.1. The van der Waals surface area contributed by atoms with Crippen LogP contribution in [0, 0.1) is 10.2 Å². The maximum absolute atomic E-state index is 8.60. The molecule has 0 unspecified atom stereocenters. The van der Waals surface area contributed by atoms with E-state index in [-0.39, 0.29) is 98.7 Å². The van der Waals surface area contributed by atoms with E-state index in [2.05, 4.69) is 0 Å². The van der Waals surface area contributed by atoms with Gasteiger partial charge < -0.3 is 0 Å². The summed E-state index contributed by atoms with van der Waals surface area (Å²) in [6, 6.07) is 0. The van der Waals surface area contributed by atoms with Crippen LogP contribution in [0.1, 0.15) is 0 Å². The first-order valence-corrected chi connectivity index (χ1v) is 1.90. The van der Waals surface area contributed by atoms with Gasteiger partial charge in [0.05, 0.1) is 14.9 Å². The Bertz CT molecular complexity index is 31.5. The Hall–Kier alpha value is 3.34. The third kappa shape index (κ3) is 58.3. The molecule has 0 aromatic carbocycles. The van der Waals surface area contributed by atoms with Crippen LogP contribution in [0.2, 0.25) is 0 Å². The maximum atomic E-state index is 8.60. The second kappa shape index (κ2) is 10.3. The second-order valence-corrected chi connectivity index (χ2v) is 1.19. The Morgan fingerprint density at radius 3 is 1.12 bits per heavy atom. The summed E-state index contributed by atoms with van der Waals surface area (Å²) in [4.78, 5) is 0. The molecule has 8 heavy (non-hydrogen) atoms. The van der Waals surface area contributed by atoms with Crippen molar-refractivity contribution in [3.63, 3.8) is 0 Å². The topological polar surface area (TPSA) is 89.4 Å². The minimum Gasteiger partial charge on any atom is -0.183 e. The molecule has 0 aliphatic heterocycles. The van der Waals surface area contributed by atoms with Crippen molar-refractivity contribution in [3.05, 3.63) is 0 Å². The molecule has 0 saturated heterocycles. The molecule has 0 aliphatic carbocycles. The average Bonchev–Trinajstić information content (AvgIpc) is 0.722. The van der Waals surface area contributed by atoms with Gasteiger partial charge in [0.1, 0.15) is 0 Å². The third-order valence-corrected chi connectivity index (χ3v) is 0. The molecule has 0 fully saturated rings. The van der Waals surface area contributed by atoms with Crippen LogP contribution in [0.3, 0.4) is 0 Å². The van der Waals surface area contributed by atoms with Gasteiger partial charge >= 0.3 is 51.4 Å². The van der Waals surface area contributed by atoms with Crippen molar-refractivity contribution in [2.24, 2.45) is 0 Å². The van der Waals surface area contributed by atoms with E-state index in [1.165, 1.54) is 0 Å². The van der Waals surface area contributed by atoms with Crippen LogP contribution in [-0.2, 0) is 47.3 Å². The smallest absolute Gasteiger partial charge is 0.0777 e. The van der Waals surface area contributed by atoms with Crippen molar-refractivity contribution in [1.29, 1.82) is 0 Å². The van der Waals surface area contributed by atoms with Gasteiger partial charge in [0.25, 0.3) is 0 Å². The summed E-state index contributed by atoms with van der Waals surface area (Å²) in [5.74, 6) is 0. The molecule has 0 atom stereocenters. The minimum absolute atomic E-state index is 0. The number of hydrogen-bond acceptors (Lipinski definition) is 4. The van der Waals surface area contributed by atoms with E-state index in [0.29, 0.717) is 0 Å². The monoisotopic (exact) mass is 414 g/mol. The molecule has 0 radical (unpaired) electrons. The van der Waals surface area contributed by atoms with Crippen molar-refractivity contribution in [1.82, 2.24) is 0 Å². The first kappa shape index (κ1) is 22.5. The molecule has 0 heterocycles. The Labute approximate surface area is 125 Å². The van der Waals surface area contributed by atoms with Gasteiger partial charge in [0, 0.05) is 47.3 Å². The molecule has 0 amide bonds. The van der Waals surface area contributed by atoms with Crippen LogP contribution < -0.4 is 14.0 Å². The van der Waals surface area contributed by atoms with Crippen LogP contribution in [0.15, 0.2) is 0 Å². The van der Waals surface area contributed by atoms with Gasteiger partial charge in [-0.05, 0) is 0 Å². The van der Waals surface area contributed by atoms with E-state index in [1.807, 2.05) is 0 Å². The molecule has 0 aromatic rings. The van der Waals surface area contributed by atoms with Crippen LogP contribution in [0.25, 0.3) is 0 Å². The van der Waals surface area contributed by atoms with Gasteiger partial charge in [-0.3, -0.25) is 0 Å². The van der Waals surface area contributed by atoms with Crippen molar-refractivity contribution >= 4 is 51.4 Å². The largest absolute Gasteiger partial charge is 0.183 e. The summed E-state index contributed by atoms with van der Waals surface area (Å²) in [6.45, 7) is 0. The quantitative estimate of drug-likeness (QED) is 0.402. The zero-order valence-electron chi connectivity index (χ0n) is 2.96. The fourth-order valence-corrected chi connectivity index (χ4v) is 0. The molecule has 0 bridgehead atoms. The molecular formula is H2ClKO4WZr. The molecule has 0 aliphatic rings. The summed E-state index contributed by atoms with van der Waals surface area (Å²) in [6.07, 6.45) is 0. The SMILES string of the molecule is [KH].[O-][Cl+3]([O-])([O-])O.[W].[Zr]. The van der Waals surface area contributed by atoms with E-state index in [9.17, 15) is 0 Å². The molecule has 8 heteroatoms. The predicted molar refractivity (Wildman–Crippen MR) is 9.37 cm³/mol. The van der Waals surface area contributed by atoms with Gasteiger partial charge in [-0.15, -0.1) is 0 Å². The number of halogens is 1. The van der Waals surface area contributed by atoms with Gasteiger partial charge in [-0.2, -0.15) is 14.0 Å².